The number of likely N-dealkylation sites (tertiary alicyclic amines) is 1. The van der Waals surface area contributed by atoms with Crippen molar-refractivity contribution in [3.63, 3.8) is 0 Å². The van der Waals surface area contributed by atoms with Gasteiger partial charge in [-0.05, 0) is 45.3 Å². The maximum Gasteiger partial charge on any atom is 0.320 e. The summed E-state index contributed by atoms with van der Waals surface area (Å²) in [7, 11) is 3.44. The molecule has 5 heteroatoms. The highest BCUT2D eigenvalue weighted by Crippen LogP contribution is 2.17. The molecule has 0 radical (unpaired) electrons. The Morgan fingerprint density at radius 2 is 2.18 bits per heavy atom. The van der Waals surface area contributed by atoms with Crippen LogP contribution in [0.3, 0.4) is 0 Å². The van der Waals surface area contributed by atoms with Gasteiger partial charge >= 0.3 is 5.97 Å². The Morgan fingerprint density at radius 1 is 1.53 bits per heavy atom. The standard InChI is InChI=1S/C12H24N2O3/c1-13-11(12(15)16)5-8-14-6-3-10(4-7-14)9-17-2/h10-11,13H,3-9H2,1-2H3,(H,15,16). The molecule has 0 saturated carbocycles. The summed E-state index contributed by atoms with van der Waals surface area (Å²) in [6, 6.07) is -0.424. The Morgan fingerprint density at radius 3 is 2.65 bits per heavy atom. The zero-order chi connectivity index (χ0) is 12.7. The maximum atomic E-state index is 10.8. The van der Waals surface area contributed by atoms with E-state index >= 15 is 0 Å². The molecular formula is C12H24N2O3. The van der Waals surface area contributed by atoms with Gasteiger partial charge in [0.05, 0.1) is 0 Å². The number of rotatable bonds is 7. The highest BCUT2D eigenvalue weighted by atomic mass is 16.5. The van der Waals surface area contributed by atoms with Crippen LogP contribution in [0.25, 0.3) is 0 Å². The van der Waals surface area contributed by atoms with Gasteiger partial charge in [-0.1, -0.05) is 0 Å². The van der Waals surface area contributed by atoms with Crippen LogP contribution in [0, 0.1) is 5.92 Å². The van der Waals surface area contributed by atoms with Gasteiger partial charge in [-0.3, -0.25) is 4.79 Å². The topological polar surface area (TPSA) is 61.8 Å². The Hall–Kier alpha value is -0.650. The molecule has 0 aromatic carbocycles. The third kappa shape index (κ3) is 5.02. The van der Waals surface area contributed by atoms with Crippen LogP contribution in [-0.2, 0) is 9.53 Å². The molecule has 2 N–H and O–H groups in total. The van der Waals surface area contributed by atoms with Crippen LogP contribution in [0.5, 0.6) is 0 Å². The van der Waals surface area contributed by atoms with E-state index in [1.54, 1.807) is 14.2 Å². The van der Waals surface area contributed by atoms with E-state index < -0.39 is 12.0 Å². The average molecular weight is 244 g/mol. The molecule has 1 rings (SSSR count). The fraction of sp³-hybridized carbons (Fsp3) is 0.917. The normalized spacial score (nSPS) is 20.4. The minimum absolute atomic E-state index is 0.424. The van der Waals surface area contributed by atoms with Gasteiger partial charge in [-0.25, -0.2) is 0 Å². The number of methoxy groups -OCH3 is 1. The molecule has 0 aromatic rings. The molecule has 1 saturated heterocycles. The van der Waals surface area contributed by atoms with Gasteiger partial charge in [0.25, 0.3) is 0 Å². The second kappa shape index (κ2) is 7.63. The summed E-state index contributed by atoms with van der Waals surface area (Å²) < 4.78 is 5.16. The summed E-state index contributed by atoms with van der Waals surface area (Å²) in [5.74, 6) is -0.0856. The molecule has 0 amide bonds. The fourth-order valence-corrected chi connectivity index (χ4v) is 2.32. The summed E-state index contributed by atoms with van der Waals surface area (Å²) in [5.41, 5.74) is 0. The first-order valence-corrected chi connectivity index (χ1v) is 6.28. The summed E-state index contributed by atoms with van der Waals surface area (Å²) >= 11 is 0. The predicted molar refractivity (Wildman–Crippen MR) is 66.1 cm³/mol. The largest absolute Gasteiger partial charge is 0.480 e. The van der Waals surface area contributed by atoms with E-state index in [4.69, 9.17) is 9.84 Å². The minimum atomic E-state index is -0.762. The van der Waals surface area contributed by atoms with Crippen molar-refractivity contribution in [1.29, 1.82) is 0 Å². The van der Waals surface area contributed by atoms with Gasteiger partial charge in [-0.15, -0.1) is 0 Å². The molecule has 1 heterocycles. The molecule has 0 aliphatic carbocycles. The van der Waals surface area contributed by atoms with E-state index in [2.05, 4.69) is 10.2 Å². The zero-order valence-electron chi connectivity index (χ0n) is 10.8. The number of hydrogen-bond donors (Lipinski definition) is 2. The molecule has 1 unspecified atom stereocenters. The van der Waals surface area contributed by atoms with E-state index in [0.717, 1.165) is 39.1 Å². The Labute approximate surface area is 103 Å². The van der Waals surface area contributed by atoms with Crippen molar-refractivity contribution in [1.82, 2.24) is 10.2 Å². The molecule has 1 aliphatic heterocycles. The highest BCUT2D eigenvalue weighted by Gasteiger charge is 2.21. The highest BCUT2D eigenvalue weighted by molar-refractivity contribution is 5.73. The lowest BCUT2D eigenvalue weighted by Gasteiger charge is -2.32. The minimum Gasteiger partial charge on any atom is -0.480 e. The molecule has 0 spiro atoms. The number of piperidine rings is 1. The van der Waals surface area contributed by atoms with E-state index in [0.29, 0.717) is 12.3 Å². The van der Waals surface area contributed by atoms with Crippen LogP contribution in [0.2, 0.25) is 0 Å². The van der Waals surface area contributed by atoms with Gasteiger partial charge < -0.3 is 20.1 Å². The Kier molecular flexibility index (Phi) is 6.47. The van der Waals surface area contributed by atoms with Crippen molar-refractivity contribution in [2.45, 2.75) is 25.3 Å². The molecule has 17 heavy (non-hydrogen) atoms. The summed E-state index contributed by atoms with van der Waals surface area (Å²) in [6.45, 7) is 3.83. The third-order valence-electron chi connectivity index (χ3n) is 3.49. The molecule has 1 atom stereocenters. The number of likely N-dealkylation sites (N-methyl/N-ethyl adjacent to an activating group) is 1. The number of carboxylic acids is 1. The van der Waals surface area contributed by atoms with Crippen LogP contribution in [0.1, 0.15) is 19.3 Å². The monoisotopic (exact) mass is 244 g/mol. The van der Waals surface area contributed by atoms with Crippen molar-refractivity contribution in [3.8, 4) is 0 Å². The van der Waals surface area contributed by atoms with Crippen molar-refractivity contribution in [2.24, 2.45) is 5.92 Å². The summed E-state index contributed by atoms with van der Waals surface area (Å²) in [4.78, 5) is 13.2. The van der Waals surface area contributed by atoms with E-state index in [1.165, 1.54) is 0 Å². The number of aliphatic carboxylic acids is 1. The van der Waals surface area contributed by atoms with Crippen LogP contribution in [0.15, 0.2) is 0 Å². The smallest absolute Gasteiger partial charge is 0.320 e. The van der Waals surface area contributed by atoms with E-state index in [9.17, 15) is 4.79 Å². The maximum absolute atomic E-state index is 10.8. The quantitative estimate of drug-likeness (QED) is 0.679. The second-order valence-electron chi connectivity index (χ2n) is 4.71. The Balaban J connectivity index is 2.19. The fourth-order valence-electron chi connectivity index (χ4n) is 2.32. The average Bonchev–Trinajstić information content (AvgIpc) is 2.32. The first kappa shape index (κ1) is 14.4. The zero-order valence-corrected chi connectivity index (χ0v) is 10.8. The van der Waals surface area contributed by atoms with Crippen LogP contribution in [0.4, 0.5) is 0 Å². The number of nitrogens with zero attached hydrogens (tertiary/aromatic N) is 1. The van der Waals surface area contributed by atoms with Crippen LogP contribution >= 0.6 is 0 Å². The third-order valence-corrected chi connectivity index (χ3v) is 3.49. The molecule has 0 aromatic heterocycles. The van der Waals surface area contributed by atoms with Gasteiger partial charge in [0.2, 0.25) is 0 Å². The molecule has 1 fully saturated rings. The lowest BCUT2D eigenvalue weighted by atomic mass is 9.97. The number of hydrogen-bond acceptors (Lipinski definition) is 4. The van der Waals surface area contributed by atoms with Crippen LogP contribution < -0.4 is 5.32 Å². The van der Waals surface area contributed by atoms with Crippen molar-refractivity contribution in [3.05, 3.63) is 0 Å². The summed E-state index contributed by atoms with van der Waals surface area (Å²) in [6.07, 6.45) is 2.98. The number of nitrogens with one attached hydrogen (secondary N) is 1. The van der Waals surface area contributed by atoms with Crippen molar-refractivity contribution < 1.29 is 14.6 Å². The number of ether oxygens (including phenoxy) is 1. The first-order valence-electron chi connectivity index (χ1n) is 6.28. The molecule has 0 bridgehead atoms. The first-order chi connectivity index (χ1) is 8.17. The number of carbonyl (C=O) groups is 1. The predicted octanol–water partition coefficient (Wildman–Crippen LogP) is 0.408. The van der Waals surface area contributed by atoms with Gasteiger partial charge in [-0.2, -0.15) is 0 Å². The number of carboxylic acid groups (broad SMARTS) is 1. The molecule has 100 valence electrons. The molecule has 5 nitrogen and oxygen atoms in total. The van der Waals surface area contributed by atoms with Crippen molar-refractivity contribution >= 4 is 5.97 Å². The summed E-state index contributed by atoms with van der Waals surface area (Å²) in [5, 5.41) is 11.7. The lowest BCUT2D eigenvalue weighted by molar-refractivity contribution is -0.139. The SMILES string of the molecule is CNC(CCN1CCC(COC)CC1)C(=O)O. The Bertz CT molecular complexity index is 228. The van der Waals surface area contributed by atoms with Gasteiger partial charge in [0.1, 0.15) is 6.04 Å². The second-order valence-corrected chi connectivity index (χ2v) is 4.71. The van der Waals surface area contributed by atoms with Crippen molar-refractivity contribution in [2.75, 3.05) is 40.4 Å². The van der Waals surface area contributed by atoms with Crippen LogP contribution in [-0.4, -0.2) is 62.4 Å². The van der Waals surface area contributed by atoms with E-state index in [-0.39, 0.29) is 0 Å². The van der Waals surface area contributed by atoms with Gasteiger partial charge in [0, 0.05) is 20.3 Å². The van der Waals surface area contributed by atoms with E-state index in [1.807, 2.05) is 0 Å². The molecular weight excluding hydrogens is 220 g/mol. The lowest BCUT2D eigenvalue weighted by Crippen LogP contribution is -2.41. The van der Waals surface area contributed by atoms with Gasteiger partial charge in [0.15, 0.2) is 0 Å². The molecule has 1 aliphatic rings.